The van der Waals surface area contributed by atoms with Crippen LogP contribution in [0, 0.1) is 13.8 Å². The van der Waals surface area contributed by atoms with Gasteiger partial charge in [-0.3, -0.25) is 13.9 Å². The Balaban J connectivity index is 2.16. The summed E-state index contributed by atoms with van der Waals surface area (Å²) in [6.07, 6.45) is 1.59. The summed E-state index contributed by atoms with van der Waals surface area (Å²) in [6.45, 7) is 5.93. The monoisotopic (exact) mass is 489 g/mol. The van der Waals surface area contributed by atoms with E-state index in [-0.39, 0.29) is 31.3 Å². The standard InChI is InChI=1S/C25H35N3O5S/c1-18-14-19(2)16-22(15-18)28(34(6,31)32)13-7-8-24(29)27(20(3)25(30)26-4)17-21-9-11-23(33-5)12-10-21/h9-12,14-16,20H,7-8,13,17H2,1-6H3,(H,26,30)/t20-/m0/s1. The Kier molecular flexibility index (Phi) is 9.49. The van der Waals surface area contributed by atoms with Crippen LogP contribution in [0.3, 0.4) is 0 Å². The third kappa shape index (κ3) is 7.48. The number of hydrogen-bond donors (Lipinski definition) is 1. The first-order chi connectivity index (χ1) is 16.0. The molecule has 34 heavy (non-hydrogen) atoms. The van der Waals surface area contributed by atoms with Gasteiger partial charge < -0.3 is 15.0 Å². The number of carbonyl (C=O) groups is 2. The van der Waals surface area contributed by atoms with Gasteiger partial charge in [-0.05, 0) is 68.1 Å². The first kappa shape index (κ1) is 27.2. The van der Waals surface area contributed by atoms with Crippen molar-refractivity contribution in [2.45, 2.75) is 46.2 Å². The molecular formula is C25H35N3O5S. The molecule has 0 saturated carbocycles. The van der Waals surface area contributed by atoms with Crippen molar-refractivity contribution in [3.8, 4) is 5.75 Å². The quantitative estimate of drug-likeness (QED) is 0.523. The van der Waals surface area contributed by atoms with E-state index in [0.717, 1.165) is 22.9 Å². The first-order valence-corrected chi connectivity index (χ1v) is 13.0. The molecule has 0 aliphatic rings. The molecule has 8 nitrogen and oxygen atoms in total. The molecule has 0 heterocycles. The molecule has 1 N–H and O–H groups in total. The zero-order valence-electron chi connectivity index (χ0n) is 20.8. The van der Waals surface area contributed by atoms with Crippen molar-refractivity contribution in [2.24, 2.45) is 0 Å². The summed E-state index contributed by atoms with van der Waals surface area (Å²) in [6, 6.07) is 12.2. The summed E-state index contributed by atoms with van der Waals surface area (Å²) in [5.74, 6) is 0.212. The second-order valence-electron chi connectivity index (χ2n) is 8.44. The van der Waals surface area contributed by atoms with Crippen LogP contribution in [0.15, 0.2) is 42.5 Å². The Morgan fingerprint density at radius 2 is 1.65 bits per heavy atom. The first-order valence-electron chi connectivity index (χ1n) is 11.2. The van der Waals surface area contributed by atoms with E-state index in [1.807, 2.05) is 44.2 Å². The summed E-state index contributed by atoms with van der Waals surface area (Å²) in [5, 5.41) is 2.59. The molecule has 2 aromatic carbocycles. The number of anilines is 1. The van der Waals surface area contributed by atoms with Crippen molar-refractivity contribution in [3.05, 3.63) is 59.2 Å². The highest BCUT2D eigenvalue weighted by Gasteiger charge is 2.26. The third-order valence-corrected chi connectivity index (χ3v) is 6.77. The van der Waals surface area contributed by atoms with Crippen LogP contribution in [0.4, 0.5) is 5.69 Å². The van der Waals surface area contributed by atoms with Crippen LogP contribution in [0.2, 0.25) is 0 Å². The number of benzene rings is 2. The van der Waals surface area contributed by atoms with Crippen molar-refractivity contribution in [1.29, 1.82) is 0 Å². The highest BCUT2D eigenvalue weighted by Crippen LogP contribution is 2.22. The molecule has 0 aromatic heterocycles. The predicted octanol–water partition coefficient (Wildman–Crippen LogP) is 3.02. The van der Waals surface area contributed by atoms with Gasteiger partial charge in [0.15, 0.2) is 0 Å². The van der Waals surface area contributed by atoms with Crippen LogP contribution < -0.4 is 14.4 Å². The highest BCUT2D eigenvalue weighted by atomic mass is 32.2. The largest absolute Gasteiger partial charge is 0.497 e. The molecule has 0 aliphatic carbocycles. The molecule has 2 amide bonds. The van der Waals surface area contributed by atoms with Crippen LogP contribution in [0.5, 0.6) is 5.75 Å². The third-order valence-electron chi connectivity index (χ3n) is 5.57. The number of nitrogens with one attached hydrogen (secondary N) is 1. The number of rotatable bonds is 11. The van der Waals surface area contributed by atoms with Crippen LogP contribution in [-0.2, 0) is 26.2 Å². The average molecular weight is 490 g/mol. The van der Waals surface area contributed by atoms with Crippen molar-refractivity contribution < 1.29 is 22.7 Å². The topological polar surface area (TPSA) is 96.0 Å². The number of amides is 2. The minimum Gasteiger partial charge on any atom is -0.497 e. The molecule has 0 radical (unpaired) electrons. The van der Waals surface area contributed by atoms with Crippen LogP contribution in [-0.4, -0.2) is 58.1 Å². The fraction of sp³-hybridized carbons (Fsp3) is 0.440. The molecule has 0 saturated heterocycles. The maximum Gasteiger partial charge on any atom is 0.242 e. The molecule has 1 atom stereocenters. The molecule has 2 aromatic rings. The maximum atomic E-state index is 13.2. The fourth-order valence-electron chi connectivity index (χ4n) is 3.82. The maximum absolute atomic E-state index is 13.2. The summed E-state index contributed by atoms with van der Waals surface area (Å²) < 4.78 is 31.4. The Hall–Kier alpha value is -3.07. The van der Waals surface area contributed by atoms with E-state index >= 15 is 0 Å². The Morgan fingerprint density at radius 3 is 2.15 bits per heavy atom. The van der Waals surface area contributed by atoms with E-state index < -0.39 is 16.1 Å². The number of methoxy groups -OCH3 is 1. The number of likely N-dealkylation sites (N-methyl/N-ethyl adjacent to an activating group) is 1. The lowest BCUT2D eigenvalue weighted by Gasteiger charge is -2.29. The van der Waals surface area contributed by atoms with Crippen LogP contribution in [0.25, 0.3) is 0 Å². The van der Waals surface area contributed by atoms with Gasteiger partial charge >= 0.3 is 0 Å². The molecular weight excluding hydrogens is 454 g/mol. The van der Waals surface area contributed by atoms with Gasteiger partial charge in [0.2, 0.25) is 21.8 Å². The van der Waals surface area contributed by atoms with Crippen molar-refractivity contribution >= 4 is 27.5 Å². The second-order valence-corrected chi connectivity index (χ2v) is 10.4. The van der Waals surface area contributed by atoms with E-state index in [4.69, 9.17) is 4.74 Å². The van der Waals surface area contributed by atoms with Crippen molar-refractivity contribution in [2.75, 3.05) is 31.3 Å². The lowest BCUT2D eigenvalue weighted by atomic mass is 10.1. The van der Waals surface area contributed by atoms with Gasteiger partial charge in [0, 0.05) is 26.6 Å². The molecule has 0 unspecified atom stereocenters. The summed E-state index contributed by atoms with van der Waals surface area (Å²) in [4.78, 5) is 27.0. The van der Waals surface area contributed by atoms with Gasteiger partial charge in [-0.2, -0.15) is 0 Å². The van der Waals surface area contributed by atoms with E-state index in [0.29, 0.717) is 17.9 Å². The Labute approximate surface area is 202 Å². The van der Waals surface area contributed by atoms with Crippen LogP contribution >= 0.6 is 0 Å². The average Bonchev–Trinajstić information content (AvgIpc) is 2.77. The van der Waals surface area contributed by atoms with Gasteiger partial charge in [-0.15, -0.1) is 0 Å². The molecule has 0 bridgehead atoms. The highest BCUT2D eigenvalue weighted by molar-refractivity contribution is 7.92. The van der Waals surface area contributed by atoms with E-state index in [2.05, 4.69) is 5.32 Å². The van der Waals surface area contributed by atoms with Crippen LogP contribution in [0.1, 0.15) is 36.5 Å². The molecule has 9 heteroatoms. The lowest BCUT2D eigenvalue weighted by Crippen LogP contribution is -2.46. The Bertz CT molecular complexity index is 1080. The number of carbonyl (C=O) groups excluding carboxylic acids is 2. The van der Waals surface area contributed by atoms with E-state index in [9.17, 15) is 18.0 Å². The molecule has 0 spiro atoms. The number of sulfonamides is 1. The zero-order valence-corrected chi connectivity index (χ0v) is 21.6. The SMILES string of the molecule is CNC(=O)[C@H](C)N(Cc1ccc(OC)cc1)C(=O)CCCN(c1cc(C)cc(C)c1)S(C)(=O)=O. The van der Waals surface area contributed by atoms with Gasteiger partial charge in [-0.1, -0.05) is 18.2 Å². The molecule has 2 rings (SSSR count). The van der Waals surface area contributed by atoms with Crippen molar-refractivity contribution in [1.82, 2.24) is 10.2 Å². The van der Waals surface area contributed by atoms with Crippen molar-refractivity contribution in [3.63, 3.8) is 0 Å². The zero-order chi connectivity index (χ0) is 25.5. The molecule has 0 aliphatic heterocycles. The van der Waals surface area contributed by atoms with Gasteiger partial charge in [-0.25, -0.2) is 8.42 Å². The fourth-order valence-corrected chi connectivity index (χ4v) is 4.77. The molecule has 0 fully saturated rings. The number of ether oxygens (including phenoxy) is 1. The predicted molar refractivity (Wildman–Crippen MR) is 134 cm³/mol. The van der Waals surface area contributed by atoms with E-state index in [1.54, 1.807) is 26.2 Å². The normalized spacial score (nSPS) is 12.1. The minimum atomic E-state index is -3.53. The van der Waals surface area contributed by atoms with Gasteiger partial charge in [0.05, 0.1) is 19.1 Å². The smallest absolute Gasteiger partial charge is 0.242 e. The lowest BCUT2D eigenvalue weighted by molar-refractivity contribution is -0.140. The molecule has 186 valence electrons. The summed E-state index contributed by atoms with van der Waals surface area (Å²) in [7, 11) is -0.416. The Morgan fingerprint density at radius 1 is 1.06 bits per heavy atom. The van der Waals surface area contributed by atoms with Gasteiger partial charge in [0.25, 0.3) is 0 Å². The number of nitrogens with zero attached hydrogens (tertiary/aromatic N) is 2. The number of aryl methyl sites for hydroxylation is 2. The number of hydrogen-bond acceptors (Lipinski definition) is 5. The summed E-state index contributed by atoms with van der Waals surface area (Å²) in [5.41, 5.74) is 3.37. The second kappa shape index (κ2) is 11.9. The minimum absolute atomic E-state index is 0.105. The van der Waals surface area contributed by atoms with Gasteiger partial charge in [0.1, 0.15) is 11.8 Å². The summed E-state index contributed by atoms with van der Waals surface area (Å²) >= 11 is 0. The van der Waals surface area contributed by atoms with E-state index in [1.165, 1.54) is 16.3 Å².